The maximum atomic E-state index is 13.7. The van der Waals surface area contributed by atoms with Gasteiger partial charge in [0.25, 0.3) is 5.91 Å². The monoisotopic (exact) mass is 436 g/mol. The zero-order chi connectivity index (χ0) is 20.8. The number of para-hydroxylation sites is 1. The first-order valence-electron chi connectivity index (χ1n) is 9.36. The lowest BCUT2D eigenvalue weighted by Crippen LogP contribution is -2.38. The number of carbonyl (C=O) groups excluding carboxylic acids is 2. The van der Waals surface area contributed by atoms with Crippen molar-refractivity contribution in [2.24, 2.45) is 0 Å². The summed E-state index contributed by atoms with van der Waals surface area (Å²) in [4.78, 5) is 26.4. The van der Waals surface area contributed by atoms with Gasteiger partial charge in [-0.3, -0.25) is 9.59 Å². The van der Waals surface area contributed by atoms with Crippen LogP contribution in [0.1, 0.15) is 33.8 Å². The summed E-state index contributed by atoms with van der Waals surface area (Å²) in [5.74, 6) is -0.397. The highest BCUT2D eigenvalue weighted by molar-refractivity contribution is 8.16. The van der Waals surface area contributed by atoms with Gasteiger partial charge in [-0.2, -0.15) is 0 Å². The normalized spacial score (nSPS) is 14.4. The molecule has 0 spiro atoms. The van der Waals surface area contributed by atoms with E-state index in [1.807, 2.05) is 35.7 Å². The Morgan fingerprint density at radius 3 is 2.28 bits per heavy atom. The average Bonchev–Trinajstić information content (AvgIpc) is 2.75. The van der Waals surface area contributed by atoms with E-state index in [0.29, 0.717) is 16.7 Å². The van der Waals surface area contributed by atoms with Crippen molar-refractivity contribution < 1.29 is 18.4 Å². The largest absolute Gasteiger partial charge is 0.330 e. The fraction of sp³-hybridized carbons (Fsp3) is 0.333. The van der Waals surface area contributed by atoms with Crippen LogP contribution < -0.4 is 5.32 Å². The van der Waals surface area contributed by atoms with Crippen LogP contribution in [0.2, 0.25) is 0 Å². The molecule has 0 aliphatic carbocycles. The molecular weight excluding hydrogens is 414 g/mol. The quantitative estimate of drug-likeness (QED) is 0.697. The van der Waals surface area contributed by atoms with Crippen LogP contribution in [0.25, 0.3) is 0 Å². The smallest absolute Gasteiger partial charge is 0.254 e. The lowest BCUT2D eigenvalue weighted by molar-refractivity contribution is -0.116. The van der Waals surface area contributed by atoms with E-state index in [4.69, 9.17) is 0 Å². The number of anilines is 1. The number of carbonyl (C=O) groups is 2. The Bertz CT molecular complexity index is 851. The Morgan fingerprint density at radius 1 is 1.07 bits per heavy atom. The van der Waals surface area contributed by atoms with E-state index in [9.17, 15) is 18.4 Å². The second-order valence-corrected chi connectivity index (χ2v) is 9.24. The number of amides is 2. The molecular formula is C21H22F2N2O2S2. The minimum atomic E-state index is -0.859. The van der Waals surface area contributed by atoms with Crippen LogP contribution in [0.5, 0.6) is 0 Å². The lowest BCUT2D eigenvalue weighted by Gasteiger charge is -2.22. The molecule has 1 aliphatic rings. The Morgan fingerprint density at radius 2 is 1.69 bits per heavy atom. The highest BCUT2D eigenvalue weighted by atomic mass is 32.2. The van der Waals surface area contributed by atoms with E-state index < -0.39 is 23.2 Å². The van der Waals surface area contributed by atoms with Crippen molar-refractivity contribution in [3.8, 4) is 0 Å². The van der Waals surface area contributed by atoms with Crippen LogP contribution in [0.3, 0.4) is 0 Å². The van der Waals surface area contributed by atoms with Crippen molar-refractivity contribution in [3.63, 3.8) is 0 Å². The number of benzene rings is 2. The standard InChI is InChI=1S/C21H22F2N2O2S2/c1-2-25(13-18(26)24-19-16(22)5-3-6-17(19)23)20(27)14-7-9-15(10-8-14)21-28-11-4-12-29-21/h3,5-10,21H,2,4,11-13H2,1H3,(H,24,26). The molecule has 0 aromatic heterocycles. The van der Waals surface area contributed by atoms with E-state index in [1.54, 1.807) is 19.1 Å². The summed E-state index contributed by atoms with van der Waals surface area (Å²) in [6.45, 7) is 1.75. The predicted octanol–water partition coefficient (Wildman–Crippen LogP) is 4.93. The lowest BCUT2D eigenvalue weighted by atomic mass is 10.1. The Hall–Kier alpha value is -2.06. The molecule has 0 bridgehead atoms. The molecule has 1 N–H and O–H groups in total. The number of rotatable bonds is 6. The molecule has 1 aliphatic heterocycles. The summed E-state index contributed by atoms with van der Waals surface area (Å²) in [6, 6.07) is 10.8. The number of halogens is 2. The molecule has 0 atom stereocenters. The molecule has 0 saturated carbocycles. The number of thioether (sulfide) groups is 2. The van der Waals surface area contributed by atoms with Crippen LogP contribution in [-0.4, -0.2) is 41.3 Å². The van der Waals surface area contributed by atoms with Gasteiger partial charge in [-0.05, 0) is 54.7 Å². The fourth-order valence-electron chi connectivity index (χ4n) is 2.94. The number of hydrogen-bond acceptors (Lipinski definition) is 4. The number of nitrogens with zero attached hydrogens (tertiary/aromatic N) is 1. The van der Waals surface area contributed by atoms with Gasteiger partial charge < -0.3 is 10.2 Å². The van der Waals surface area contributed by atoms with Gasteiger partial charge in [0, 0.05) is 12.1 Å². The van der Waals surface area contributed by atoms with E-state index >= 15 is 0 Å². The zero-order valence-electron chi connectivity index (χ0n) is 16.0. The van der Waals surface area contributed by atoms with Crippen molar-refractivity contribution in [3.05, 3.63) is 65.2 Å². The SMILES string of the molecule is CCN(CC(=O)Nc1c(F)cccc1F)C(=O)c1ccc(C2SCCCS2)cc1. The molecule has 1 saturated heterocycles. The van der Waals surface area contributed by atoms with Crippen LogP contribution in [0, 0.1) is 11.6 Å². The Labute approximate surface area is 177 Å². The highest BCUT2D eigenvalue weighted by Gasteiger charge is 2.21. The van der Waals surface area contributed by atoms with Crippen LogP contribution in [-0.2, 0) is 4.79 Å². The molecule has 1 fully saturated rings. The second-order valence-electron chi connectivity index (χ2n) is 6.51. The molecule has 4 nitrogen and oxygen atoms in total. The topological polar surface area (TPSA) is 49.4 Å². The van der Waals surface area contributed by atoms with E-state index in [0.717, 1.165) is 23.6 Å². The van der Waals surface area contributed by atoms with Gasteiger partial charge in [0.2, 0.25) is 5.91 Å². The average molecular weight is 437 g/mol. The molecule has 8 heteroatoms. The van der Waals surface area contributed by atoms with Gasteiger partial charge in [-0.25, -0.2) is 8.78 Å². The summed E-state index contributed by atoms with van der Waals surface area (Å²) in [7, 11) is 0. The summed E-state index contributed by atoms with van der Waals surface area (Å²) in [5.41, 5.74) is 1.14. The third-order valence-electron chi connectivity index (χ3n) is 4.49. The maximum absolute atomic E-state index is 13.7. The minimum Gasteiger partial charge on any atom is -0.330 e. The van der Waals surface area contributed by atoms with Crippen LogP contribution in [0.15, 0.2) is 42.5 Å². The van der Waals surface area contributed by atoms with Crippen LogP contribution in [0.4, 0.5) is 14.5 Å². The second kappa shape index (κ2) is 10.1. The van der Waals surface area contributed by atoms with Gasteiger partial charge in [0.1, 0.15) is 23.9 Å². The fourth-order valence-corrected chi connectivity index (χ4v) is 5.84. The van der Waals surface area contributed by atoms with Gasteiger partial charge >= 0.3 is 0 Å². The summed E-state index contributed by atoms with van der Waals surface area (Å²) >= 11 is 3.81. The van der Waals surface area contributed by atoms with Crippen molar-refractivity contribution in [2.45, 2.75) is 17.9 Å². The first-order valence-corrected chi connectivity index (χ1v) is 11.5. The Kier molecular flexibility index (Phi) is 7.55. The van der Waals surface area contributed by atoms with Crippen molar-refractivity contribution in [1.82, 2.24) is 4.90 Å². The van der Waals surface area contributed by atoms with Gasteiger partial charge in [-0.1, -0.05) is 18.2 Å². The summed E-state index contributed by atoms with van der Waals surface area (Å²) < 4.78 is 27.8. The number of hydrogen-bond donors (Lipinski definition) is 1. The number of nitrogens with one attached hydrogen (secondary N) is 1. The minimum absolute atomic E-state index is 0.292. The van der Waals surface area contributed by atoms with E-state index in [-0.39, 0.29) is 12.5 Å². The van der Waals surface area contributed by atoms with Gasteiger partial charge in [-0.15, -0.1) is 23.5 Å². The highest BCUT2D eigenvalue weighted by Crippen LogP contribution is 2.43. The maximum Gasteiger partial charge on any atom is 0.254 e. The molecule has 3 rings (SSSR count). The summed E-state index contributed by atoms with van der Waals surface area (Å²) in [6.07, 6.45) is 1.21. The van der Waals surface area contributed by atoms with Gasteiger partial charge in [0.15, 0.2) is 0 Å². The van der Waals surface area contributed by atoms with Crippen LogP contribution >= 0.6 is 23.5 Å². The van der Waals surface area contributed by atoms with E-state index in [1.165, 1.54) is 23.0 Å². The molecule has 0 radical (unpaired) electrons. The zero-order valence-corrected chi connectivity index (χ0v) is 17.6. The predicted molar refractivity (Wildman–Crippen MR) is 115 cm³/mol. The third-order valence-corrected chi connectivity index (χ3v) is 7.50. The molecule has 0 unspecified atom stereocenters. The van der Waals surface area contributed by atoms with E-state index in [2.05, 4.69) is 5.32 Å². The van der Waals surface area contributed by atoms with Crippen molar-refractivity contribution in [2.75, 3.05) is 29.9 Å². The third kappa shape index (κ3) is 5.51. The van der Waals surface area contributed by atoms with Gasteiger partial charge in [0.05, 0.1) is 4.58 Å². The first-order chi connectivity index (χ1) is 14.0. The molecule has 1 heterocycles. The molecule has 2 amide bonds. The van der Waals surface area contributed by atoms with Crippen molar-refractivity contribution in [1.29, 1.82) is 0 Å². The summed E-state index contributed by atoms with van der Waals surface area (Å²) in [5, 5.41) is 2.21. The number of likely N-dealkylation sites (N-methyl/N-ethyl adjacent to an activating group) is 1. The molecule has 29 heavy (non-hydrogen) atoms. The first kappa shape index (κ1) is 21.6. The molecule has 154 valence electrons. The molecule has 2 aromatic carbocycles. The molecule has 2 aromatic rings. The Balaban J connectivity index is 1.64. The van der Waals surface area contributed by atoms with Crippen molar-refractivity contribution >= 4 is 41.0 Å².